The van der Waals surface area contributed by atoms with Gasteiger partial charge in [0.25, 0.3) is 11.8 Å². The molecule has 0 saturated carbocycles. The zero-order valence-corrected chi connectivity index (χ0v) is 24.8. The molecule has 5 rings (SSSR count). The van der Waals surface area contributed by atoms with Crippen molar-refractivity contribution in [1.82, 2.24) is 16.2 Å². The molecule has 0 aliphatic carbocycles. The highest BCUT2D eigenvalue weighted by Crippen LogP contribution is 2.43. The first-order valence-corrected chi connectivity index (χ1v) is 14.4. The Hall–Kier alpha value is -5.31. The second-order valence-electron chi connectivity index (χ2n) is 11.4. The average molecular weight is 594 g/mol. The van der Waals surface area contributed by atoms with Crippen LogP contribution in [0.5, 0.6) is 17.2 Å². The molecule has 0 radical (unpaired) electrons. The number of hydrogen-bond acceptors (Lipinski definition) is 6. The fourth-order valence-electron chi connectivity index (χ4n) is 4.83. The Kier molecular flexibility index (Phi) is 9.14. The minimum atomic E-state index is -1.05. The van der Waals surface area contributed by atoms with Gasteiger partial charge in [0, 0.05) is 17.5 Å². The topological polar surface area (TPSA) is 115 Å². The van der Waals surface area contributed by atoms with E-state index in [1.807, 2.05) is 91.0 Å². The smallest absolute Gasteiger partial charge is 0.408 e. The number of hydrogen-bond donors (Lipinski definition) is 3. The monoisotopic (exact) mass is 593 g/mol. The lowest BCUT2D eigenvalue weighted by Crippen LogP contribution is -2.54. The Labute approximate surface area is 256 Å². The minimum absolute atomic E-state index is 0.142. The fourth-order valence-corrected chi connectivity index (χ4v) is 4.83. The third-order valence-electron chi connectivity index (χ3n) is 6.87. The van der Waals surface area contributed by atoms with E-state index in [1.165, 1.54) is 0 Å². The summed E-state index contributed by atoms with van der Waals surface area (Å²) < 4.78 is 17.2. The molecule has 0 unspecified atom stereocenters. The predicted molar refractivity (Wildman–Crippen MR) is 165 cm³/mol. The zero-order valence-electron chi connectivity index (χ0n) is 24.8. The van der Waals surface area contributed by atoms with Gasteiger partial charge >= 0.3 is 6.09 Å². The lowest BCUT2D eigenvalue weighted by atomic mass is 9.87. The van der Waals surface area contributed by atoms with Crippen LogP contribution in [0, 0.1) is 0 Å². The highest BCUT2D eigenvalue weighted by molar-refractivity contribution is 5.93. The van der Waals surface area contributed by atoms with Crippen LogP contribution in [0.3, 0.4) is 0 Å². The molecule has 0 aromatic heterocycles. The second-order valence-corrected chi connectivity index (χ2v) is 11.4. The molecular formula is C35H35N3O6. The van der Waals surface area contributed by atoms with E-state index >= 15 is 0 Å². The Morgan fingerprint density at radius 1 is 0.750 bits per heavy atom. The molecule has 9 nitrogen and oxygen atoms in total. The van der Waals surface area contributed by atoms with Crippen LogP contribution >= 0.6 is 0 Å². The molecule has 1 aliphatic heterocycles. The molecule has 9 heteroatoms. The molecule has 3 amide bonds. The Morgan fingerprint density at radius 2 is 1.34 bits per heavy atom. The number of alkyl carbamates (subject to hydrolysis) is 1. The maximum absolute atomic E-state index is 13.5. The summed E-state index contributed by atoms with van der Waals surface area (Å²) in [7, 11) is 0. The summed E-state index contributed by atoms with van der Waals surface area (Å²) in [5, 5.41) is 2.64. The van der Waals surface area contributed by atoms with Crippen LogP contribution in [0.2, 0.25) is 0 Å². The van der Waals surface area contributed by atoms with Gasteiger partial charge in [-0.25, -0.2) is 4.79 Å². The number of para-hydroxylation sites is 2. The maximum atomic E-state index is 13.5. The van der Waals surface area contributed by atoms with E-state index in [0.29, 0.717) is 35.0 Å². The minimum Gasteiger partial charge on any atom is -0.489 e. The Balaban J connectivity index is 1.27. The van der Waals surface area contributed by atoms with Gasteiger partial charge in [0.1, 0.15) is 35.5 Å². The molecule has 4 aromatic carbocycles. The maximum Gasteiger partial charge on any atom is 0.408 e. The van der Waals surface area contributed by atoms with E-state index in [9.17, 15) is 14.4 Å². The lowest BCUT2D eigenvalue weighted by molar-refractivity contribution is -0.130. The molecule has 0 saturated heterocycles. The third-order valence-corrected chi connectivity index (χ3v) is 6.87. The van der Waals surface area contributed by atoms with E-state index in [0.717, 1.165) is 11.1 Å². The Bertz CT molecular complexity index is 1570. The van der Waals surface area contributed by atoms with Gasteiger partial charge in [0.2, 0.25) is 0 Å². The number of ether oxygens (including phenoxy) is 3. The normalized spacial score (nSPS) is 12.9. The van der Waals surface area contributed by atoms with E-state index in [1.54, 1.807) is 32.9 Å². The molecular weight excluding hydrogens is 558 g/mol. The summed E-state index contributed by atoms with van der Waals surface area (Å²) in [5.41, 5.74) is 7.47. The van der Waals surface area contributed by atoms with Gasteiger partial charge in [0.05, 0.1) is 5.92 Å². The number of rotatable bonds is 8. The molecule has 0 fully saturated rings. The summed E-state index contributed by atoms with van der Waals surface area (Å²) in [6.45, 7) is 5.63. The van der Waals surface area contributed by atoms with Crippen LogP contribution in [0.15, 0.2) is 103 Å². The van der Waals surface area contributed by atoms with Gasteiger partial charge in [-0.3, -0.25) is 20.4 Å². The van der Waals surface area contributed by atoms with Gasteiger partial charge in [-0.1, -0.05) is 78.9 Å². The van der Waals surface area contributed by atoms with Gasteiger partial charge in [0.15, 0.2) is 0 Å². The molecule has 0 spiro atoms. The predicted octanol–water partition coefficient (Wildman–Crippen LogP) is 5.79. The van der Waals surface area contributed by atoms with Crippen molar-refractivity contribution in [3.8, 4) is 17.2 Å². The van der Waals surface area contributed by atoms with E-state index in [2.05, 4.69) is 16.2 Å². The van der Waals surface area contributed by atoms with E-state index < -0.39 is 35.5 Å². The Morgan fingerprint density at radius 3 is 1.95 bits per heavy atom. The lowest BCUT2D eigenvalue weighted by Gasteiger charge is -2.28. The van der Waals surface area contributed by atoms with Gasteiger partial charge < -0.3 is 19.5 Å². The first kappa shape index (κ1) is 30.2. The molecule has 1 aliphatic rings. The number of carbonyl (C=O) groups excluding carboxylic acids is 3. The van der Waals surface area contributed by atoms with Crippen LogP contribution in [0.4, 0.5) is 4.79 Å². The van der Waals surface area contributed by atoms with Crippen LogP contribution in [0.25, 0.3) is 0 Å². The summed E-state index contributed by atoms with van der Waals surface area (Å²) in [5.74, 6) is 0.0385. The van der Waals surface area contributed by atoms with Crippen molar-refractivity contribution in [2.24, 2.45) is 0 Å². The van der Waals surface area contributed by atoms with Crippen LogP contribution in [-0.4, -0.2) is 29.6 Å². The molecule has 3 N–H and O–H groups in total. The highest BCUT2D eigenvalue weighted by Gasteiger charge is 2.33. The largest absolute Gasteiger partial charge is 0.489 e. The summed E-state index contributed by atoms with van der Waals surface area (Å²) >= 11 is 0. The number of carbonyl (C=O) groups is 3. The van der Waals surface area contributed by atoms with Crippen molar-refractivity contribution in [3.05, 3.63) is 125 Å². The number of nitrogens with one attached hydrogen (secondary N) is 3. The first-order chi connectivity index (χ1) is 21.2. The van der Waals surface area contributed by atoms with Crippen molar-refractivity contribution < 1.29 is 28.6 Å². The summed E-state index contributed by atoms with van der Waals surface area (Å²) in [6.07, 6.45) is -0.609. The summed E-state index contributed by atoms with van der Waals surface area (Å²) in [6, 6.07) is 30.6. The molecule has 1 heterocycles. The average Bonchev–Trinajstić information content (AvgIpc) is 3.01. The standard InChI is InChI=1S/C35H35N3O6/c1-35(2,3)44-34(41)36-28(21-23-17-19-25(20-18-23)42-22-24-11-5-4-6-12-24)32(39)37-38-33(40)31-26-13-7-9-15-29(26)43-30-16-10-8-14-27(30)31/h4-20,28,31H,21-22H2,1-3H3,(H,36,41)(H,37,39)(H,38,40)/t28-/m1/s1. The van der Waals surface area contributed by atoms with Crippen molar-refractivity contribution in [1.29, 1.82) is 0 Å². The van der Waals surface area contributed by atoms with E-state index in [4.69, 9.17) is 14.2 Å². The van der Waals surface area contributed by atoms with Crippen LogP contribution in [-0.2, 0) is 27.4 Å². The first-order valence-electron chi connectivity index (χ1n) is 14.4. The van der Waals surface area contributed by atoms with Crippen molar-refractivity contribution in [2.75, 3.05) is 0 Å². The van der Waals surface area contributed by atoms with Crippen molar-refractivity contribution >= 4 is 17.9 Å². The molecule has 1 atom stereocenters. The van der Waals surface area contributed by atoms with Gasteiger partial charge in [-0.15, -0.1) is 0 Å². The number of benzene rings is 4. The van der Waals surface area contributed by atoms with E-state index in [-0.39, 0.29) is 6.42 Å². The van der Waals surface area contributed by atoms with Gasteiger partial charge in [-0.2, -0.15) is 0 Å². The molecule has 226 valence electrons. The number of fused-ring (bicyclic) bond motifs is 2. The summed E-state index contributed by atoms with van der Waals surface area (Å²) in [4.78, 5) is 39.6. The van der Waals surface area contributed by atoms with Crippen LogP contribution < -0.4 is 25.6 Å². The van der Waals surface area contributed by atoms with Crippen molar-refractivity contribution in [2.45, 2.75) is 51.4 Å². The van der Waals surface area contributed by atoms with Crippen LogP contribution in [0.1, 0.15) is 48.9 Å². The SMILES string of the molecule is CC(C)(C)OC(=O)N[C@H](Cc1ccc(OCc2ccccc2)cc1)C(=O)NNC(=O)C1c2ccccc2Oc2ccccc21. The second kappa shape index (κ2) is 13.3. The fraction of sp³-hybridized carbons (Fsp3) is 0.229. The highest BCUT2D eigenvalue weighted by atomic mass is 16.6. The third kappa shape index (κ3) is 7.74. The van der Waals surface area contributed by atoms with Gasteiger partial charge in [-0.05, 0) is 56.2 Å². The van der Waals surface area contributed by atoms with Crippen molar-refractivity contribution in [3.63, 3.8) is 0 Å². The molecule has 44 heavy (non-hydrogen) atoms. The quantitative estimate of drug-likeness (QED) is 0.223. The molecule has 0 bridgehead atoms. The zero-order chi connectivity index (χ0) is 31.1. The number of amides is 3. The molecule has 4 aromatic rings. The number of hydrazine groups is 1.